The van der Waals surface area contributed by atoms with Gasteiger partial charge in [-0.05, 0) is 49.5 Å². The van der Waals surface area contributed by atoms with Gasteiger partial charge < -0.3 is 34.4 Å². The summed E-state index contributed by atoms with van der Waals surface area (Å²) in [4.78, 5) is 0. The van der Waals surface area contributed by atoms with Crippen molar-refractivity contribution in [3.8, 4) is 0 Å². The smallest absolute Gasteiger partial charge is 0.0520 e. The van der Waals surface area contributed by atoms with Crippen molar-refractivity contribution in [1.29, 1.82) is 0 Å². The number of nitrogens with two attached hydrogens (primary N) is 6. The highest BCUT2D eigenvalue weighted by Gasteiger charge is 2.38. The van der Waals surface area contributed by atoms with Crippen LogP contribution in [0.2, 0.25) is 0 Å². The van der Waals surface area contributed by atoms with Crippen molar-refractivity contribution in [2.45, 2.75) is 110 Å². The van der Waals surface area contributed by atoms with Crippen LogP contribution >= 0.6 is 0 Å². The number of unbranched alkanes of at least 4 members (excludes halogenated alkanes) is 5. The number of hydrogen-bond donors (Lipinski definition) is 6. The normalized spacial score (nSPS) is 25.3. The second-order valence-corrected chi connectivity index (χ2v) is 9.55. The Morgan fingerprint density at radius 2 is 1.19 bits per heavy atom. The van der Waals surface area contributed by atoms with E-state index in [1.54, 1.807) is 0 Å². The molecule has 0 bridgehead atoms. The summed E-state index contributed by atoms with van der Waals surface area (Å²) < 4.78 is 0. The second kappa shape index (κ2) is 13.0. The molecule has 0 aromatic carbocycles. The lowest BCUT2D eigenvalue weighted by atomic mass is 9.63. The predicted molar refractivity (Wildman–Crippen MR) is 114 cm³/mol. The molecule has 1 aliphatic rings. The van der Waals surface area contributed by atoms with Gasteiger partial charge in [0.15, 0.2) is 0 Å². The van der Waals surface area contributed by atoms with Gasteiger partial charge in [0, 0.05) is 6.04 Å². The first-order valence-corrected chi connectivity index (χ1v) is 10.5. The van der Waals surface area contributed by atoms with Gasteiger partial charge in [-0.15, -0.1) is 0 Å². The molecule has 0 amide bonds. The highest BCUT2D eigenvalue weighted by molar-refractivity contribution is 4.93. The SMILES string of the molecule is CC1(C)CC(N)CC(C)(CN)C1.NC(N)CCCCCCCCC(N)N. The van der Waals surface area contributed by atoms with Crippen LogP contribution in [0.5, 0.6) is 0 Å². The zero-order chi connectivity index (χ0) is 20.2. The summed E-state index contributed by atoms with van der Waals surface area (Å²) in [6, 6.07) is 0.349. The van der Waals surface area contributed by atoms with Crippen LogP contribution in [0, 0.1) is 10.8 Å². The molecule has 2 unspecified atom stereocenters. The minimum absolute atomic E-state index is 0.134. The molecule has 1 aliphatic carbocycles. The first-order chi connectivity index (χ1) is 12.0. The monoisotopic (exact) mass is 372 g/mol. The van der Waals surface area contributed by atoms with Crippen LogP contribution in [0.1, 0.15) is 91.4 Å². The molecule has 0 heterocycles. The summed E-state index contributed by atoms with van der Waals surface area (Å²) >= 11 is 0. The van der Waals surface area contributed by atoms with E-state index in [0.717, 1.165) is 45.1 Å². The van der Waals surface area contributed by atoms with Gasteiger partial charge in [0.05, 0.1) is 12.3 Å². The van der Waals surface area contributed by atoms with E-state index in [2.05, 4.69) is 20.8 Å². The third-order valence-electron chi connectivity index (χ3n) is 5.29. The van der Waals surface area contributed by atoms with Crippen LogP contribution in [-0.2, 0) is 0 Å². The van der Waals surface area contributed by atoms with Crippen molar-refractivity contribution >= 4 is 0 Å². The van der Waals surface area contributed by atoms with Crippen molar-refractivity contribution in [2.24, 2.45) is 45.2 Å². The number of hydrogen-bond acceptors (Lipinski definition) is 6. The topological polar surface area (TPSA) is 156 Å². The maximum atomic E-state index is 6.01. The molecule has 0 saturated heterocycles. The Balaban J connectivity index is 0.000000485. The van der Waals surface area contributed by atoms with Crippen molar-refractivity contribution in [3.63, 3.8) is 0 Å². The lowest BCUT2D eigenvalue weighted by molar-refractivity contribution is 0.0904. The Kier molecular flexibility index (Phi) is 12.9. The molecule has 0 aromatic heterocycles. The molecule has 1 saturated carbocycles. The first-order valence-electron chi connectivity index (χ1n) is 10.5. The Morgan fingerprint density at radius 3 is 1.54 bits per heavy atom. The molecule has 2 atom stereocenters. The van der Waals surface area contributed by atoms with Crippen LogP contribution in [-0.4, -0.2) is 24.9 Å². The summed E-state index contributed by atoms with van der Waals surface area (Å²) in [5, 5.41) is 0. The van der Waals surface area contributed by atoms with Gasteiger partial charge in [-0.25, -0.2) is 0 Å². The van der Waals surface area contributed by atoms with Crippen LogP contribution < -0.4 is 34.4 Å². The van der Waals surface area contributed by atoms with Gasteiger partial charge in [-0.1, -0.05) is 59.3 Å². The van der Waals surface area contributed by atoms with E-state index in [1.165, 1.54) is 32.1 Å². The quantitative estimate of drug-likeness (QED) is 0.254. The molecule has 6 heteroatoms. The molecule has 158 valence electrons. The highest BCUT2D eigenvalue weighted by atomic mass is 14.8. The Morgan fingerprint density at radius 1 is 0.769 bits per heavy atom. The van der Waals surface area contributed by atoms with E-state index in [-0.39, 0.29) is 17.7 Å². The fourth-order valence-corrected chi connectivity index (χ4v) is 4.34. The van der Waals surface area contributed by atoms with Crippen LogP contribution in [0.3, 0.4) is 0 Å². The second-order valence-electron chi connectivity index (χ2n) is 9.55. The van der Waals surface area contributed by atoms with E-state index in [4.69, 9.17) is 34.4 Å². The maximum Gasteiger partial charge on any atom is 0.0520 e. The van der Waals surface area contributed by atoms with Gasteiger partial charge in [0.25, 0.3) is 0 Å². The maximum absolute atomic E-state index is 6.01. The third-order valence-corrected chi connectivity index (χ3v) is 5.29. The average molecular weight is 373 g/mol. The lowest BCUT2D eigenvalue weighted by Crippen LogP contribution is -2.45. The molecule has 12 N–H and O–H groups in total. The van der Waals surface area contributed by atoms with Gasteiger partial charge in [-0.3, -0.25) is 0 Å². The molecule has 0 spiro atoms. The Bertz CT molecular complexity index is 331. The average Bonchev–Trinajstić information content (AvgIpc) is 2.47. The fraction of sp³-hybridized carbons (Fsp3) is 1.00. The number of rotatable bonds is 10. The van der Waals surface area contributed by atoms with Crippen molar-refractivity contribution in [2.75, 3.05) is 6.54 Å². The van der Waals surface area contributed by atoms with E-state index in [9.17, 15) is 0 Å². The van der Waals surface area contributed by atoms with Gasteiger partial charge in [-0.2, -0.15) is 0 Å². The van der Waals surface area contributed by atoms with E-state index < -0.39 is 0 Å². The lowest BCUT2D eigenvalue weighted by Gasteiger charge is -2.45. The molecule has 1 rings (SSSR count). The molecule has 1 fully saturated rings. The fourth-order valence-electron chi connectivity index (χ4n) is 4.34. The molecule has 0 aliphatic heterocycles. The minimum Gasteiger partial charge on any atom is -0.330 e. The van der Waals surface area contributed by atoms with Crippen molar-refractivity contribution in [3.05, 3.63) is 0 Å². The van der Waals surface area contributed by atoms with Crippen LogP contribution in [0.25, 0.3) is 0 Å². The van der Waals surface area contributed by atoms with E-state index in [1.807, 2.05) is 0 Å². The Labute approximate surface area is 162 Å². The van der Waals surface area contributed by atoms with Gasteiger partial charge in [0.2, 0.25) is 0 Å². The summed E-state index contributed by atoms with van der Waals surface area (Å²) in [6.45, 7) is 7.61. The summed E-state index contributed by atoms with van der Waals surface area (Å²) in [5.41, 5.74) is 34.2. The minimum atomic E-state index is -0.134. The molecule has 6 nitrogen and oxygen atoms in total. The third kappa shape index (κ3) is 13.9. The van der Waals surface area contributed by atoms with Gasteiger partial charge >= 0.3 is 0 Å². The standard InChI is InChI=1S/C10H26N4.C10H22N2/c11-9(12)7-5-3-1-2-4-6-8-10(13)14;1-9(2)4-8(12)5-10(3,6-9)7-11/h9-10H,1-8,11-14H2;8H,4-7,11-12H2,1-3H3. The highest BCUT2D eigenvalue weighted by Crippen LogP contribution is 2.44. The predicted octanol–water partition coefficient (Wildman–Crippen LogP) is 2.08. The van der Waals surface area contributed by atoms with E-state index >= 15 is 0 Å². The first kappa shape index (κ1) is 25.8. The van der Waals surface area contributed by atoms with Gasteiger partial charge in [0.1, 0.15) is 0 Å². The Hall–Kier alpha value is -0.240. The molecular weight excluding hydrogens is 324 g/mol. The van der Waals surface area contributed by atoms with Crippen molar-refractivity contribution < 1.29 is 0 Å². The largest absolute Gasteiger partial charge is 0.330 e. The summed E-state index contributed by atoms with van der Waals surface area (Å²) in [6.07, 6.45) is 12.4. The molecule has 0 radical (unpaired) electrons. The van der Waals surface area contributed by atoms with E-state index in [0.29, 0.717) is 11.5 Å². The molecule has 0 aromatic rings. The summed E-state index contributed by atoms with van der Waals surface area (Å²) in [7, 11) is 0. The summed E-state index contributed by atoms with van der Waals surface area (Å²) in [5.74, 6) is 0. The zero-order valence-corrected chi connectivity index (χ0v) is 17.7. The van der Waals surface area contributed by atoms with Crippen molar-refractivity contribution in [1.82, 2.24) is 0 Å². The zero-order valence-electron chi connectivity index (χ0n) is 17.7. The van der Waals surface area contributed by atoms with Crippen LogP contribution in [0.4, 0.5) is 0 Å². The molecule has 26 heavy (non-hydrogen) atoms. The molecular formula is C20H48N6. The van der Waals surface area contributed by atoms with Crippen LogP contribution in [0.15, 0.2) is 0 Å².